The van der Waals surface area contributed by atoms with E-state index in [4.69, 9.17) is 9.40 Å². The lowest BCUT2D eigenvalue weighted by Gasteiger charge is -2.10. The van der Waals surface area contributed by atoms with Crippen molar-refractivity contribution in [1.29, 1.82) is 0 Å². The predicted octanol–water partition coefficient (Wildman–Crippen LogP) is 4.57. The summed E-state index contributed by atoms with van der Waals surface area (Å²) in [6, 6.07) is 18.4. The van der Waals surface area contributed by atoms with Crippen molar-refractivity contribution >= 4 is 22.8 Å². The number of rotatable bonds is 4. The number of hydrogen-bond acceptors (Lipinski definition) is 5. The minimum Gasteiger partial charge on any atom is -0.424 e. The number of imidazole rings is 1. The molecule has 2 aromatic carbocycles. The molecule has 0 radical (unpaired) electrons. The highest BCUT2D eigenvalue weighted by Gasteiger charge is 2.19. The number of aromatic nitrogens is 4. The van der Waals surface area contributed by atoms with Crippen molar-refractivity contribution in [1.82, 2.24) is 19.7 Å². The second-order valence-corrected chi connectivity index (χ2v) is 6.78. The second-order valence-electron chi connectivity index (χ2n) is 5.47. The molecule has 0 aliphatic rings. The molecule has 0 fully saturated rings. The third-order valence-electron chi connectivity index (χ3n) is 3.72. The monoisotopic (exact) mass is 336 g/mol. The third kappa shape index (κ3) is 2.69. The molecule has 0 saturated heterocycles. The van der Waals surface area contributed by atoms with E-state index < -0.39 is 0 Å². The number of fused-ring (bicyclic) bond motifs is 1. The van der Waals surface area contributed by atoms with E-state index in [0.717, 1.165) is 21.9 Å². The molecule has 0 saturated carbocycles. The van der Waals surface area contributed by atoms with E-state index in [2.05, 4.69) is 33.0 Å². The molecule has 0 spiro atoms. The van der Waals surface area contributed by atoms with E-state index in [1.807, 2.05) is 43.3 Å². The summed E-state index contributed by atoms with van der Waals surface area (Å²) >= 11 is 1.61. The summed E-state index contributed by atoms with van der Waals surface area (Å²) in [5.41, 5.74) is 3.14. The Bertz CT molecular complexity index is 977. The summed E-state index contributed by atoms with van der Waals surface area (Å²) in [6.07, 6.45) is 0. The molecule has 4 rings (SSSR count). The summed E-state index contributed by atoms with van der Waals surface area (Å²) < 4.78 is 7.72. The highest BCUT2D eigenvalue weighted by atomic mass is 32.2. The summed E-state index contributed by atoms with van der Waals surface area (Å²) in [7, 11) is 0. The minimum absolute atomic E-state index is 0.0190. The summed E-state index contributed by atoms with van der Waals surface area (Å²) in [5.74, 6) is 1.19. The summed E-state index contributed by atoms with van der Waals surface area (Å²) in [4.78, 5) is 4.80. The molecule has 0 bridgehead atoms. The number of benzene rings is 2. The molecule has 0 N–H and O–H groups in total. The van der Waals surface area contributed by atoms with Crippen molar-refractivity contribution in [2.75, 3.05) is 0 Å². The van der Waals surface area contributed by atoms with E-state index in [1.165, 1.54) is 0 Å². The van der Waals surface area contributed by atoms with Gasteiger partial charge in [-0.05, 0) is 31.2 Å². The fourth-order valence-corrected chi connectivity index (χ4v) is 3.57. The van der Waals surface area contributed by atoms with Crippen LogP contribution < -0.4 is 0 Å². The Morgan fingerprint density at radius 1 is 1.00 bits per heavy atom. The van der Waals surface area contributed by atoms with Crippen LogP contribution in [0.15, 0.2) is 64.2 Å². The maximum atomic E-state index is 5.56. The number of hydrogen-bond donors (Lipinski definition) is 0. The molecule has 24 heavy (non-hydrogen) atoms. The van der Waals surface area contributed by atoms with Crippen LogP contribution in [0.3, 0.4) is 0 Å². The number of para-hydroxylation sites is 3. The Balaban J connectivity index is 1.80. The zero-order chi connectivity index (χ0) is 16.5. The fraction of sp³-hybridized carbons (Fsp3) is 0.167. The average Bonchev–Trinajstić information content (AvgIpc) is 3.19. The first-order valence-corrected chi connectivity index (χ1v) is 8.60. The van der Waals surface area contributed by atoms with Crippen LogP contribution in [0.25, 0.3) is 16.7 Å². The van der Waals surface area contributed by atoms with Gasteiger partial charge >= 0.3 is 0 Å². The second kappa shape index (κ2) is 6.13. The molecule has 2 heterocycles. The largest absolute Gasteiger partial charge is 0.424 e. The highest BCUT2D eigenvalue weighted by molar-refractivity contribution is 7.99. The topological polar surface area (TPSA) is 56.7 Å². The van der Waals surface area contributed by atoms with Crippen molar-refractivity contribution in [2.24, 2.45) is 0 Å². The molecule has 120 valence electrons. The first-order valence-electron chi connectivity index (χ1n) is 7.72. The maximum absolute atomic E-state index is 5.56. The fourth-order valence-electron chi connectivity index (χ4n) is 2.59. The van der Waals surface area contributed by atoms with Crippen molar-refractivity contribution in [3.05, 3.63) is 66.4 Å². The molecular formula is C18H16N4OS. The van der Waals surface area contributed by atoms with Gasteiger partial charge in [-0.25, -0.2) is 4.98 Å². The third-order valence-corrected chi connectivity index (χ3v) is 4.76. The summed E-state index contributed by atoms with van der Waals surface area (Å²) in [6.45, 7) is 3.85. The van der Waals surface area contributed by atoms with Gasteiger partial charge in [-0.1, -0.05) is 42.1 Å². The Morgan fingerprint density at radius 2 is 1.75 bits per heavy atom. The van der Waals surface area contributed by atoms with Gasteiger partial charge in [0.15, 0.2) is 5.16 Å². The van der Waals surface area contributed by atoms with Gasteiger partial charge in [0.05, 0.1) is 16.3 Å². The molecule has 0 aliphatic carbocycles. The molecule has 2 aromatic heterocycles. The van der Waals surface area contributed by atoms with Gasteiger partial charge in [-0.2, -0.15) is 0 Å². The van der Waals surface area contributed by atoms with Crippen molar-refractivity contribution in [2.45, 2.75) is 24.3 Å². The van der Waals surface area contributed by atoms with Crippen molar-refractivity contribution in [3.63, 3.8) is 0 Å². The lowest BCUT2D eigenvalue weighted by Crippen LogP contribution is -1.98. The van der Waals surface area contributed by atoms with Gasteiger partial charge in [-0.3, -0.25) is 4.57 Å². The van der Waals surface area contributed by atoms with Gasteiger partial charge in [-0.15, -0.1) is 10.2 Å². The highest BCUT2D eigenvalue weighted by Crippen LogP contribution is 2.36. The molecular weight excluding hydrogens is 320 g/mol. The van der Waals surface area contributed by atoms with Gasteiger partial charge < -0.3 is 4.42 Å². The Labute approximate surface area is 143 Å². The van der Waals surface area contributed by atoms with Gasteiger partial charge in [0.25, 0.3) is 0 Å². The van der Waals surface area contributed by atoms with Crippen LogP contribution in [0.1, 0.15) is 24.0 Å². The maximum Gasteiger partial charge on any atom is 0.229 e. The summed E-state index contributed by atoms with van der Waals surface area (Å²) in [5, 5.41) is 8.97. The predicted molar refractivity (Wildman–Crippen MR) is 94.4 cm³/mol. The Hall–Kier alpha value is -2.60. The lowest BCUT2D eigenvalue weighted by atomic mass is 10.3. The first kappa shape index (κ1) is 15.0. The molecule has 5 nitrogen and oxygen atoms in total. The standard InChI is InChI=1S/C18H16N4OS/c1-12(17-21-20-13(2)23-17)24-18-19-15-10-6-7-11-16(15)22(18)14-8-4-3-5-9-14/h3-12H,1-2H3/t12-/m0/s1. The quantitative estimate of drug-likeness (QED) is 0.511. The smallest absolute Gasteiger partial charge is 0.229 e. The molecule has 4 aromatic rings. The Kier molecular flexibility index (Phi) is 3.82. The Morgan fingerprint density at radius 3 is 2.50 bits per heavy atom. The van der Waals surface area contributed by atoms with Crippen LogP contribution in [-0.4, -0.2) is 19.7 Å². The zero-order valence-electron chi connectivity index (χ0n) is 13.4. The van der Waals surface area contributed by atoms with Gasteiger partial charge in [0, 0.05) is 12.6 Å². The van der Waals surface area contributed by atoms with Crippen LogP contribution in [-0.2, 0) is 0 Å². The van der Waals surface area contributed by atoms with Crippen LogP contribution in [0.5, 0.6) is 0 Å². The van der Waals surface area contributed by atoms with E-state index in [9.17, 15) is 0 Å². The molecule has 1 atom stereocenters. The number of nitrogens with zero attached hydrogens (tertiary/aromatic N) is 4. The van der Waals surface area contributed by atoms with E-state index in [-0.39, 0.29) is 5.25 Å². The van der Waals surface area contributed by atoms with Gasteiger partial charge in [0.2, 0.25) is 11.8 Å². The normalized spacial score (nSPS) is 12.6. The first-order chi connectivity index (χ1) is 11.7. The average molecular weight is 336 g/mol. The SMILES string of the molecule is Cc1nnc([C@H](C)Sc2nc3ccccc3n2-c2ccccc2)o1. The van der Waals surface area contributed by atoms with Gasteiger partial charge in [0.1, 0.15) is 0 Å². The molecule has 0 aliphatic heterocycles. The lowest BCUT2D eigenvalue weighted by molar-refractivity contribution is 0.470. The van der Waals surface area contributed by atoms with E-state index >= 15 is 0 Å². The number of aryl methyl sites for hydroxylation is 1. The zero-order valence-corrected chi connectivity index (χ0v) is 14.2. The van der Waals surface area contributed by atoms with E-state index in [0.29, 0.717) is 11.8 Å². The molecule has 6 heteroatoms. The molecule has 0 unspecified atom stereocenters. The van der Waals surface area contributed by atoms with Crippen LogP contribution in [0, 0.1) is 6.92 Å². The minimum atomic E-state index is 0.0190. The number of thioether (sulfide) groups is 1. The van der Waals surface area contributed by atoms with Crippen molar-refractivity contribution < 1.29 is 4.42 Å². The van der Waals surface area contributed by atoms with Crippen LogP contribution in [0.2, 0.25) is 0 Å². The molecule has 0 amide bonds. The van der Waals surface area contributed by atoms with Crippen molar-refractivity contribution in [3.8, 4) is 5.69 Å². The van der Waals surface area contributed by atoms with E-state index in [1.54, 1.807) is 18.7 Å². The van der Waals surface area contributed by atoms with Crippen LogP contribution in [0.4, 0.5) is 0 Å². The van der Waals surface area contributed by atoms with Crippen LogP contribution >= 0.6 is 11.8 Å².